The molecule has 6 nitrogen and oxygen atoms in total. The average Bonchev–Trinajstić information content (AvgIpc) is 3.17. The molecule has 7 heteroatoms. The SMILES string of the molecule is CNc1ccc(C(=O)Nc2cc(-c3cccs3)ccc2NC(=O)O)cc1. The fraction of sp³-hybridized carbons (Fsp3) is 0.0526. The van der Waals surface area contributed by atoms with Crippen molar-refractivity contribution in [2.75, 3.05) is 23.0 Å². The van der Waals surface area contributed by atoms with Crippen LogP contribution in [-0.2, 0) is 0 Å². The number of nitrogens with one attached hydrogen (secondary N) is 3. The third-order valence-corrected chi connectivity index (χ3v) is 4.67. The number of benzene rings is 2. The van der Waals surface area contributed by atoms with Gasteiger partial charge in [0.15, 0.2) is 0 Å². The molecule has 26 heavy (non-hydrogen) atoms. The van der Waals surface area contributed by atoms with Crippen molar-refractivity contribution in [3.63, 3.8) is 0 Å². The Morgan fingerprint density at radius 3 is 2.35 bits per heavy atom. The van der Waals surface area contributed by atoms with Crippen LogP contribution in [0.25, 0.3) is 10.4 Å². The second-order valence-electron chi connectivity index (χ2n) is 5.45. The minimum atomic E-state index is -1.19. The molecule has 0 bridgehead atoms. The Balaban J connectivity index is 1.91. The third-order valence-electron chi connectivity index (χ3n) is 3.75. The standard InChI is InChI=1S/C19H17N3O3S/c1-20-14-7-4-12(5-8-14)18(23)21-16-11-13(17-3-2-10-26-17)6-9-15(16)22-19(24)25/h2-11,20,22H,1H3,(H,21,23)(H,24,25). The van der Waals surface area contributed by atoms with E-state index in [1.807, 2.05) is 23.6 Å². The summed E-state index contributed by atoms with van der Waals surface area (Å²) in [4.78, 5) is 24.6. The number of thiophene rings is 1. The predicted molar refractivity (Wildman–Crippen MR) is 105 cm³/mol. The highest BCUT2D eigenvalue weighted by Crippen LogP contribution is 2.32. The van der Waals surface area contributed by atoms with E-state index >= 15 is 0 Å². The van der Waals surface area contributed by atoms with Crippen molar-refractivity contribution < 1.29 is 14.7 Å². The molecule has 0 fully saturated rings. The van der Waals surface area contributed by atoms with Crippen LogP contribution in [0.3, 0.4) is 0 Å². The second kappa shape index (κ2) is 7.71. The minimum absolute atomic E-state index is 0.315. The van der Waals surface area contributed by atoms with E-state index in [4.69, 9.17) is 5.11 Å². The number of carboxylic acid groups (broad SMARTS) is 1. The molecular formula is C19H17N3O3S. The van der Waals surface area contributed by atoms with Crippen LogP contribution >= 0.6 is 11.3 Å². The monoisotopic (exact) mass is 367 g/mol. The lowest BCUT2D eigenvalue weighted by molar-refractivity contribution is 0.102. The molecular weight excluding hydrogens is 350 g/mol. The van der Waals surface area contributed by atoms with Crippen molar-refractivity contribution in [2.24, 2.45) is 0 Å². The first-order valence-corrected chi connectivity index (χ1v) is 8.72. The average molecular weight is 367 g/mol. The van der Waals surface area contributed by atoms with Gasteiger partial charge >= 0.3 is 6.09 Å². The van der Waals surface area contributed by atoms with Gasteiger partial charge in [0.1, 0.15) is 0 Å². The highest BCUT2D eigenvalue weighted by molar-refractivity contribution is 7.13. The zero-order chi connectivity index (χ0) is 18.5. The normalized spacial score (nSPS) is 10.2. The molecule has 2 aromatic carbocycles. The molecule has 0 spiro atoms. The van der Waals surface area contributed by atoms with E-state index in [1.165, 1.54) is 0 Å². The molecule has 4 N–H and O–H groups in total. The quantitative estimate of drug-likeness (QED) is 0.521. The van der Waals surface area contributed by atoms with Crippen molar-refractivity contribution >= 4 is 40.4 Å². The molecule has 1 aromatic heterocycles. The lowest BCUT2D eigenvalue weighted by Gasteiger charge is -2.13. The maximum Gasteiger partial charge on any atom is 0.409 e. The minimum Gasteiger partial charge on any atom is -0.465 e. The van der Waals surface area contributed by atoms with Gasteiger partial charge < -0.3 is 15.7 Å². The Morgan fingerprint density at radius 2 is 1.73 bits per heavy atom. The molecule has 1 heterocycles. The highest BCUT2D eigenvalue weighted by atomic mass is 32.1. The van der Waals surface area contributed by atoms with Gasteiger partial charge in [-0.3, -0.25) is 10.1 Å². The molecule has 3 aromatic rings. The number of carbonyl (C=O) groups excluding carboxylic acids is 1. The molecule has 0 aliphatic heterocycles. The predicted octanol–water partition coefficient (Wildman–Crippen LogP) is 4.80. The van der Waals surface area contributed by atoms with Gasteiger partial charge in [-0.15, -0.1) is 11.3 Å². The smallest absolute Gasteiger partial charge is 0.409 e. The fourth-order valence-corrected chi connectivity index (χ4v) is 3.17. The molecule has 0 atom stereocenters. The fourth-order valence-electron chi connectivity index (χ4n) is 2.45. The van der Waals surface area contributed by atoms with Crippen LogP contribution in [0.5, 0.6) is 0 Å². The van der Waals surface area contributed by atoms with Crippen molar-refractivity contribution in [3.8, 4) is 10.4 Å². The van der Waals surface area contributed by atoms with Gasteiger partial charge in [-0.25, -0.2) is 4.79 Å². The third kappa shape index (κ3) is 4.01. The summed E-state index contributed by atoms with van der Waals surface area (Å²) in [6, 6.07) is 16.1. The van der Waals surface area contributed by atoms with Gasteiger partial charge in [0, 0.05) is 23.2 Å². The Labute approximate surface area is 154 Å². The lowest BCUT2D eigenvalue weighted by Crippen LogP contribution is -2.15. The first-order chi connectivity index (χ1) is 12.6. The van der Waals surface area contributed by atoms with Gasteiger partial charge in [-0.2, -0.15) is 0 Å². The van der Waals surface area contributed by atoms with E-state index in [1.54, 1.807) is 54.8 Å². The maximum atomic E-state index is 12.5. The van der Waals surface area contributed by atoms with Crippen molar-refractivity contribution in [3.05, 3.63) is 65.5 Å². The summed E-state index contributed by atoms with van der Waals surface area (Å²) in [7, 11) is 1.80. The van der Waals surface area contributed by atoms with E-state index in [-0.39, 0.29) is 5.91 Å². The van der Waals surface area contributed by atoms with Gasteiger partial charge in [-0.05, 0) is 53.4 Å². The highest BCUT2D eigenvalue weighted by Gasteiger charge is 2.13. The Morgan fingerprint density at radius 1 is 0.962 bits per heavy atom. The number of amides is 2. The second-order valence-corrected chi connectivity index (χ2v) is 6.40. The molecule has 0 saturated heterocycles. The summed E-state index contributed by atoms with van der Waals surface area (Å²) in [5.74, 6) is -0.315. The molecule has 0 unspecified atom stereocenters. The van der Waals surface area contributed by atoms with E-state index in [0.717, 1.165) is 16.1 Å². The van der Waals surface area contributed by atoms with Crippen LogP contribution in [0.1, 0.15) is 10.4 Å². The molecule has 2 amide bonds. The molecule has 0 aliphatic carbocycles. The molecule has 0 saturated carbocycles. The summed E-state index contributed by atoms with van der Waals surface area (Å²) in [5.41, 5.74) is 3.00. The van der Waals surface area contributed by atoms with Crippen LogP contribution in [0, 0.1) is 0 Å². The van der Waals surface area contributed by atoms with E-state index in [9.17, 15) is 9.59 Å². The van der Waals surface area contributed by atoms with Gasteiger partial charge in [0.05, 0.1) is 11.4 Å². The summed E-state index contributed by atoms with van der Waals surface area (Å²) in [6.45, 7) is 0. The largest absolute Gasteiger partial charge is 0.465 e. The Kier molecular flexibility index (Phi) is 5.19. The van der Waals surface area contributed by atoms with Crippen LogP contribution in [0.4, 0.5) is 21.9 Å². The van der Waals surface area contributed by atoms with Crippen molar-refractivity contribution in [1.29, 1.82) is 0 Å². The van der Waals surface area contributed by atoms with Crippen LogP contribution in [-0.4, -0.2) is 24.2 Å². The topological polar surface area (TPSA) is 90.5 Å². The zero-order valence-corrected chi connectivity index (χ0v) is 14.8. The number of hydrogen-bond acceptors (Lipinski definition) is 4. The summed E-state index contributed by atoms with van der Waals surface area (Å²) < 4.78 is 0. The number of hydrogen-bond donors (Lipinski definition) is 4. The number of rotatable bonds is 5. The van der Waals surface area contributed by atoms with Gasteiger partial charge in [0.2, 0.25) is 0 Å². The zero-order valence-electron chi connectivity index (χ0n) is 13.9. The molecule has 3 rings (SSSR count). The van der Waals surface area contributed by atoms with Crippen LogP contribution in [0.2, 0.25) is 0 Å². The van der Waals surface area contributed by atoms with E-state index in [0.29, 0.717) is 16.9 Å². The van der Waals surface area contributed by atoms with Crippen LogP contribution < -0.4 is 16.0 Å². The molecule has 0 radical (unpaired) electrons. The first-order valence-electron chi connectivity index (χ1n) is 7.84. The Bertz CT molecular complexity index is 922. The van der Waals surface area contributed by atoms with E-state index in [2.05, 4.69) is 16.0 Å². The van der Waals surface area contributed by atoms with Crippen LogP contribution in [0.15, 0.2) is 60.0 Å². The molecule has 0 aliphatic rings. The van der Waals surface area contributed by atoms with E-state index < -0.39 is 6.09 Å². The molecule has 132 valence electrons. The van der Waals surface area contributed by atoms with Crippen molar-refractivity contribution in [2.45, 2.75) is 0 Å². The van der Waals surface area contributed by atoms with Crippen molar-refractivity contribution in [1.82, 2.24) is 0 Å². The number of anilines is 3. The summed E-state index contributed by atoms with van der Waals surface area (Å²) in [5, 5.41) is 19.1. The lowest BCUT2D eigenvalue weighted by atomic mass is 10.1. The maximum absolute atomic E-state index is 12.5. The van der Waals surface area contributed by atoms with Gasteiger partial charge in [-0.1, -0.05) is 12.1 Å². The summed E-state index contributed by atoms with van der Waals surface area (Å²) >= 11 is 1.57. The number of carbonyl (C=O) groups is 2. The first kappa shape index (κ1) is 17.5. The summed E-state index contributed by atoms with van der Waals surface area (Å²) in [6.07, 6.45) is -1.19. The Hall–Kier alpha value is -3.32. The van der Waals surface area contributed by atoms with Gasteiger partial charge in [0.25, 0.3) is 5.91 Å².